The molecule has 6 saturated carbocycles. The lowest BCUT2D eigenvalue weighted by atomic mass is 9.63. The van der Waals surface area contributed by atoms with Gasteiger partial charge in [-0.3, -0.25) is 9.13 Å². The van der Waals surface area contributed by atoms with E-state index in [2.05, 4.69) is 242 Å². The first-order valence-electron chi connectivity index (χ1n) is 35.6. The zero-order chi connectivity index (χ0) is 60.6. The first-order chi connectivity index (χ1) is 46.0. The van der Waals surface area contributed by atoms with Gasteiger partial charge in [-0.1, -0.05) is 152 Å². The molecule has 0 amide bonds. The Morgan fingerprint density at radius 2 is 0.720 bits per heavy atom. The van der Waals surface area contributed by atoms with E-state index in [-0.39, 0.29) is 0 Å². The van der Waals surface area contributed by atoms with Crippen LogP contribution >= 0.6 is 0 Å². The van der Waals surface area contributed by atoms with Crippen molar-refractivity contribution in [3.8, 4) is 34.4 Å². The molecule has 8 nitrogen and oxygen atoms in total. The van der Waals surface area contributed by atoms with E-state index in [1.807, 2.05) is 0 Å². The molecule has 8 atom stereocenters. The zero-order valence-electron chi connectivity index (χ0n) is 52.9. The lowest BCUT2D eigenvalue weighted by Gasteiger charge is -2.57. The monoisotopic (exact) mass is 1230 g/mol. The molecule has 3 aromatic heterocycles. The maximum atomic E-state index is 5.82. The topological polar surface area (TPSA) is 58.3 Å². The van der Waals surface area contributed by atoms with Crippen LogP contribution in [0.1, 0.15) is 96.3 Å². The quantitative estimate of drug-likeness (QED) is 0.0950. The highest BCUT2D eigenvalue weighted by atomic mass is 28.3. The highest BCUT2D eigenvalue weighted by Gasteiger charge is 2.53. The third-order valence-corrected chi connectivity index (χ3v) is 30.2. The highest BCUT2D eigenvalue weighted by molar-refractivity contribution is 7.20. The average Bonchev–Trinajstić information content (AvgIpc) is 1.49. The summed E-state index contributed by atoms with van der Waals surface area (Å²) in [5.74, 6) is 6.95. The van der Waals surface area contributed by atoms with Gasteiger partial charge in [-0.05, 0) is 230 Å². The van der Waals surface area contributed by atoms with Crippen molar-refractivity contribution >= 4 is 89.5 Å². The summed E-state index contributed by atoms with van der Waals surface area (Å²) in [5.41, 5.74) is 11.9. The van der Waals surface area contributed by atoms with Crippen LogP contribution in [0, 0.1) is 35.5 Å². The van der Waals surface area contributed by atoms with Gasteiger partial charge in [-0.15, -0.1) is 0 Å². The van der Waals surface area contributed by atoms with Crippen LogP contribution < -0.4 is 35.4 Å². The molecule has 10 bridgehead atoms. The Morgan fingerprint density at radius 3 is 1.26 bits per heavy atom. The van der Waals surface area contributed by atoms with Gasteiger partial charge in [0.25, 0.3) is 0 Å². The first kappa shape index (κ1) is 53.7. The molecular formula is C84H78N8Si. The standard InChI is InChI=1S/C84H78N8Si/c1-2-14-56(15-3-1)57-32-35-81-75(48-57)74-26-6-9-29-80(74)92(81)84-86-82(85-83(87-84)91-78-27-7-4-24-72(78)73-25-5-8-28-79(73)91)58-16-10-20-68(47-58)93(69-21-11-17-61(49-69)88-64-41-54-36-55(43-64)44-65(88)42-54,70-22-12-18-62(50-70)89-66-39-52-30-33-76(89)59(37-52)45-66)71-23-13-19-63(51-71)90-67-40-53-31-34-77(90)60(38-53)46-67/h1-29,32,35,47-55,59-60,64-67,76-77H,30-31,33-34,36-46H2. The number of benzene rings is 9. The van der Waals surface area contributed by atoms with Crippen LogP contribution in [-0.4, -0.2) is 68.4 Å². The number of piperidine rings is 2. The van der Waals surface area contributed by atoms with Crippen molar-refractivity contribution in [2.45, 2.75) is 133 Å². The molecular weight excluding hydrogens is 1150 g/mol. The number of nitrogens with zero attached hydrogens (tertiary/aromatic N) is 8. The third-order valence-electron chi connectivity index (χ3n) is 25.5. The zero-order valence-corrected chi connectivity index (χ0v) is 53.9. The number of anilines is 3. The molecule has 458 valence electrons. The van der Waals surface area contributed by atoms with Crippen LogP contribution in [0.5, 0.6) is 0 Å². The minimum absolute atomic E-state index is 0.595. The van der Waals surface area contributed by atoms with Gasteiger partial charge >= 0.3 is 0 Å². The van der Waals surface area contributed by atoms with E-state index in [1.54, 1.807) is 0 Å². The molecule has 0 N–H and O–H groups in total. The van der Waals surface area contributed by atoms with Crippen molar-refractivity contribution in [1.82, 2.24) is 24.1 Å². The molecule has 12 aromatic rings. The molecule has 8 unspecified atom stereocenters. The molecule has 10 fully saturated rings. The van der Waals surface area contributed by atoms with Crippen molar-refractivity contribution in [1.29, 1.82) is 0 Å². The summed E-state index contributed by atoms with van der Waals surface area (Å²) in [4.78, 5) is 26.2. The highest BCUT2D eigenvalue weighted by Crippen LogP contribution is 2.54. The summed E-state index contributed by atoms with van der Waals surface area (Å²) >= 11 is 0. The molecule has 9 aromatic carbocycles. The second-order valence-electron chi connectivity index (χ2n) is 30.3. The molecule has 93 heavy (non-hydrogen) atoms. The third kappa shape index (κ3) is 8.17. The first-order valence-corrected chi connectivity index (χ1v) is 37.6. The van der Waals surface area contributed by atoms with Crippen LogP contribution in [-0.2, 0) is 0 Å². The maximum Gasteiger partial charge on any atom is 0.240 e. The largest absolute Gasteiger partial charge is 0.366 e. The van der Waals surface area contributed by atoms with Crippen molar-refractivity contribution < 1.29 is 0 Å². The summed E-state index contributed by atoms with van der Waals surface area (Å²) in [6, 6.07) is 88.2. The Labute approximate surface area is 546 Å². The van der Waals surface area contributed by atoms with Gasteiger partial charge in [0.15, 0.2) is 13.9 Å². The molecule has 0 radical (unpaired) electrons. The lowest BCUT2D eigenvalue weighted by Crippen LogP contribution is -2.75. The number of rotatable bonds is 11. The molecule has 6 aliphatic carbocycles. The van der Waals surface area contributed by atoms with Crippen LogP contribution in [0.2, 0.25) is 0 Å². The van der Waals surface area contributed by atoms with E-state index in [9.17, 15) is 0 Å². The van der Waals surface area contributed by atoms with E-state index in [0.717, 1.165) is 73.9 Å². The number of fused-ring (bicyclic) bond motifs is 10. The second kappa shape index (κ2) is 20.6. The molecule has 4 aliphatic heterocycles. The fraction of sp³-hybridized carbons (Fsp3) is 0.321. The fourth-order valence-corrected chi connectivity index (χ4v) is 27.0. The van der Waals surface area contributed by atoms with Crippen molar-refractivity contribution in [3.05, 3.63) is 218 Å². The Kier molecular flexibility index (Phi) is 11.9. The molecule has 22 rings (SSSR count). The SMILES string of the molecule is c1ccc(-c2ccc3c(c2)c2ccccc2n3-c2nc(-c3cccc([Si](c4cccc(N5C6CC7CC(C6)CC5C7)c4)(c4cccc(N5C6CC7CCC5C(C7)C6)c4)c4cccc(N5C6CC7CCC5C(C7)C6)c4)c3)nc(-n3c4ccccc4c4ccccc43)n2)cc1. The summed E-state index contributed by atoms with van der Waals surface area (Å²) in [6.07, 6.45) is 20.3. The summed E-state index contributed by atoms with van der Waals surface area (Å²) < 4.78 is 4.58. The van der Waals surface area contributed by atoms with E-state index in [4.69, 9.17) is 15.0 Å². The van der Waals surface area contributed by atoms with Crippen LogP contribution in [0.4, 0.5) is 17.1 Å². The molecule has 4 saturated heterocycles. The van der Waals surface area contributed by atoms with E-state index >= 15 is 0 Å². The van der Waals surface area contributed by atoms with Gasteiger partial charge in [-0.2, -0.15) is 15.0 Å². The van der Waals surface area contributed by atoms with Gasteiger partial charge in [0.1, 0.15) is 0 Å². The molecule has 9 heteroatoms. The summed E-state index contributed by atoms with van der Waals surface area (Å²) in [5, 5.41) is 10.4. The van der Waals surface area contributed by atoms with Crippen molar-refractivity contribution in [2.24, 2.45) is 35.5 Å². The minimum atomic E-state index is -3.35. The normalized spacial score (nSPS) is 27.8. The Bertz CT molecular complexity index is 4820. The second-order valence-corrected chi connectivity index (χ2v) is 34.1. The maximum absolute atomic E-state index is 5.82. The molecule has 7 heterocycles. The average molecular weight is 1230 g/mol. The van der Waals surface area contributed by atoms with Gasteiger partial charge < -0.3 is 14.7 Å². The predicted octanol–water partition coefficient (Wildman–Crippen LogP) is 16.1. The van der Waals surface area contributed by atoms with Crippen LogP contribution in [0.15, 0.2) is 218 Å². The molecule has 10 aliphatic rings. The minimum Gasteiger partial charge on any atom is -0.366 e. The van der Waals surface area contributed by atoms with Gasteiger partial charge in [0.2, 0.25) is 11.9 Å². The smallest absolute Gasteiger partial charge is 0.240 e. The van der Waals surface area contributed by atoms with Crippen LogP contribution in [0.25, 0.3) is 78.0 Å². The van der Waals surface area contributed by atoms with Gasteiger partial charge in [-0.25, -0.2) is 0 Å². The Morgan fingerprint density at radius 1 is 0.290 bits per heavy atom. The van der Waals surface area contributed by atoms with Gasteiger partial charge in [0.05, 0.1) is 22.1 Å². The number of aromatic nitrogens is 5. The molecule has 0 spiro atoms. The number of hydrogen-bond acceptors (Lipinski definition) is 6. The van der Waals surface area contributed by atoms with Crippen molar-refractivity contribution in [3.63, 3.8) is 0 Å². The number of hydrogen-bond donors (Lipinski definition) is 0. The van der Waals surface area contributed by atoms with Gasteiger partial charge in [0, 0.05) is 80.4 Å². The van der Waals surface area contributed by atoms with Crippen LogP contribution in [0.3, 0.4) is 0 Å². The summed E-state index contributed by atoms with van der Waals surface area (Å²) in [7, 11) is -3.35. The van der Waals surface area contributed by atoms with E-state index < -0.39 is 8.07 Å². The predicted molar refractivity (Wildman–Crippen MR) is 383 cm³/mol. The summed E-state index contributed by atoms with van der Waals surface area (Å²) in [6.45, 7) is 0. The van der Waals surface area contributed by atoms with E-state index in [0.29, 0.717) is 54.0 Å². The lowest BCUT2D eigenvalue weighted by molar-refractivity contribution is 0.0900. The van der Waals surface area contributed by atoms with Crippen molar-refractivity contribution in [2.75, 3.05) is 14.7 Å². The van der Waals surface area contributed by atoms with E-state index in [1.165, 1.54) is 156 Å². The Balaban J connectivity index is 0.818. The number of para-hydroxylation sites is 3. The fourth-order valence-electron chi connectivity index (χ4n) is 22.2. The Hall–Kier alpha value is -8.79.